The first-order chi connectivity index (χ1) is 17.6. The first-order valence-corrected chi connectivity index (χ1v) is 12.7. The number of carbonyl (C=O) groups excluding carboxylic acids is 1. The second kappa shape index (κ2) is 12.9. The van der Waals surface area contributed by atoms with Crippen molar-refractivity contribution in [3.63, 3.8) is 0 Å². The van der Waals surface area contributed by atoms with Gasteiger partial charge in [0.15, 0.2) is 0 Å². The number of benzene rings is 3. The molecule has 1 saturated heterocycles. The summed E-state index contributed by atoms with van der Waals surface area (Å²) in [6.07, 6.45) is 4.07. The minimum Gasteiger partial charge on any atom is -0.480 e. The first kappa shape index (κ1) is 25.5. The molecule has 36 heavy (non-hydrogen) atoms. The highest BCUT2D eigenvalue weighted by Gasteiger charge is 2.17. The number of piperazine rings is 1. The van der Waals surface area contributed by atoms with Gasteiger partial charge in [-0.25, -0.2) is 9.03 Å². The molecule has 0 spiro atoms. The summed E-state index contributed by atoms with van der Waals surface area (Å²) >= 11 is 1.38. The summed E-state index contributed by atoms with van der Waals surface area (Å²) < 4.78 is 5.01. The summed E-state index contributed by atoms with van der Waals surface area (Å²) in [5.74, 6) is -0.943. The maximum atomic E-state index is 12.6. The monoisotopic (exact) mass is 502 g/mol. The fraction of sp³-hybridized carbons (Fsp3) is 0.214. The number of hydrogen-bond acceptors (Lipinski definition) is 6. The number of carboxylic acid groups (broad SMARTS) is 1. The molecule has 3 N–H and O–H groups in total. The summed E-state index contributed by atoms with van der Waals surface area (Å²) in [6, 6.07) is 25.9. The van der Waals surface area contributed by atoms with Crippen molar-refractivity contribution in [2.45, 2.75) is 6.54 Å². The standard InChI is InChI=1S/C28H30N4O3S/c33-27(34)21-30-36-32-17-15-31(16-18-32)26-13-11-22(12-14-26)9-10-23-7-4-8-25(19-23)28(35)29-20-24-5-2-1-3-6-24/h1-14,19,30H,15-18,20-21H2,(H,29,35)(H,33,34)/b10-9+. The number of anilines is 1. The van der Waals surface area contributed by atoms with Crippen LogP contribution in [0.2, 0.25) is 0 Å². The molecule has 1 fully saturated rings. The zero-order chi connectivity index (χ0) is 25.2. The number of hydrogen-bond donors (Lipinski definition) is 3. The molecular formula is C28H30N4O3S. The fourth-order valence-corrected chi connectivity index (χ4v) is 4.59. The molecule has 3 aromatic carbocycles. The number of carboxylic acids is 1. The Morgan fingerprint density at radius 1 is 0.861 bits per heavy atom. The first-order valence-electron chi connectivity index (χ1n) is 11.9. The largest absolute Gasteiger partial charge is 0.480 e. The van der Waals surface area contributed by atoms with Gasteiger partial charge in [0, 0.05) is 56.1 Å². The van der Waals surface area contributed by atoms with Gasteiger partial charge in [0.2, 0.25) is 0 Å². The summed E-state index contributed by atoms with van der Waals surface area (Å²) in [7, 11) is 0. The Balaban J connectivity index is 1.27. The minimum absolute atomic E-state index is 0.0500. The van der Waals surface area contributed by atoms with Gasteiger partial charge >= 0.3 is 5.97 Å². The predicted molar refractivity (Wildman–Crippen MR) is 146 cm³/mol. The number of rotatable bonds is 10. The Morgan fingerprint density at radius 2 is 1.58 bits per heavy atom. The van der Waals surface area contributed by atoms with Crippen LogP contribution in [0.3, 0.4) is 0 Å². The zero-order valence-corrected chi connectivity index (χ0v) is 20.8. The average Bonchev–Trinajstić information content (AvgIpc) is 2.92. The van der Waals surface area contributed by atoms with E-state index in [1.807, 2.05) is 66.7 Å². The van der Waals surface area contributed by atoms with Gasteiger partial charge in [-0.3, -0.25) is 9.59 Å². The Morgan fingerprint density at radius 3 is 2.31 bits per heavy atom. The summed E-state index contributed by atoms with van der Waals surface area (Å²) in [6.45, 7) is 3.93. The van der Waals surface area contributed by atoms with Crippen LogP contribution < -0.4 is 14.9 Å². The molecule has 1 aliphatic rings. The maximum Gasteiger partial charge on any atom is 0.318 e. The van der Waals surface area contributed by atoms with Crippen LogP contribution in [0.1, 0.15) is 27.0 Å². The number of nitrogens with one attached hydrogen (secondary N) is 2. The second-order valence-electron chi connectivity index (χ2n) is 8.44. The zero-order valence-electron chi connectivity index (χ0n) is 20.0. The normalized spacial score (nSPS) is 14.2. The van der Waals surface area contributed by atoms with Crippen LogP contribution in [-0.4, -0.2) is 54.0 Å². The third-order valence-corrected chi connectivity index (χ3v) is 6.72. The lowest BCUT2D eigenvalue weighted by atomic mass is 10.1. The highest BCUT2D eigenvalue weighted by atomic mass is 32.2. The molecule has 8 heteroatoms. The van der Waals surface area contributed by atoms with Crippen LogP contribution in [0.4, 0.5) is 5.69 Å². The van der Waals surface area contributed by atoms with E-state index in [0.717, 1.165) is 42.9 Å². The third-order valence-electron chi connectivity index (χ3n) is 5.83. The van der Waals surface area contributed by atoms with E-state index in [1.54, 1.807) is 0 Å². The summed E-state index contributed by atoms with van der Waals surface area (Å²) in [5, 5.41) is 11.7. The molecule has 7 nitrogen and oxygen atoms in total. The van der Waals surface area contributed by atoms with Gasteiger partial charge in [0.05, 0.1) is 0 Å². The summed E-state index contributed by atoms with van der Waals surface area (Å²) in [5.41, 5.74) is 4.94. The lowest BCUT2D eigenvalue weighted by molar-refractivity contribution is -0.135. The lowest BCUT2D eigenvalue weighted by Crippen LogP contribution is -2.44. The lowest BCUT2D eigenvalue weighted by Gasteiger charge is -2.35. The number of carbonyl (C=O) groups is 2. The Kier molecular flexibility index (Phi) is 9.15. The van der Waals surface area contributed by atoms with E-state index in [-0.39, 0.29) is 12.5 Å². The quantitative estimate of drug-likeness (QED) is 0.284. The van der Waals surface area contributed by atoms with Crippen molar-refractivity contribution in [3.8, 4) is 0 Å². The Labute approximate surface area is 216 Å². The van der Waals surface area contributed by atoms with Gasteiger partial charge < -0.3 is 15.3 Å². The Hall–Kier alpha value is -3.59. The van der Waals surface area contributed by atoms with Crippen LogP contribution in [0, 0.1) is 0 Å². The van der Waals surface area contributed by atoms with Gasteiger partial charge in [-0.05, 0) is 41.0 Å². The van der Waals surface area contributed by atoms with Gasteiger partial charge in [-0.2, -0.15) is 0 Å². The number of amides is 1. The van der Waals surface area contributed by atoms with E-state index in [9.17, 15) is 9.59 Å². The van der Waals surface area contributed by atoms with Crippen LogP contribution >= 0.6 is 12.1 Å². The van der Waals surface area contributed by atoms with Crippen molar-refractivity contribution >= 4 is 41.8 Å². The van der Waals surface area contributed by atoms with E-state index in [2.05, 4.69) is 43.5 Å². The molecule has 1 heterocycles. The second-order valence-corrected chi connectivity index (χ2v) is 9.43. The SMILES string of the molecule is O=C(O)CNSN1CCN(c2ccc(/C=C/c3cccc(C(=O)NCc4ccccc4)c3)cc2)CC1. The average molecular weight is 503 g/mol. The topological polar surface area (TPSA) is 84.9 Å². The smallest absolute Gasteiger partial charge is 0.318 e. The van der Waals surface area contributed by atoms with Gasteiger partial charge in [-0.15, -0.1) is 0 Å². The highest BCUT2D eigenvalue weighted by molar-refractivity contribution is 7.95. The van der Waals surface area contributed by atoms with Crippen LogP contribution in [0.5, 0.6) is 0 Å². The van der Waals surface area contributed by atoms with Crippen molar-refractivity contribution < 1.29 is 14.7 Å². The minimum atomic E-state index is -0.854. The molecular weight excluding hydrogens is 472 g/mol. The number of nitrogens with zero attached hydrogens (tertiary/aromatic N) is 2. The Bertz CT molecular complexity index is 1180. The van der Waals surface area contributed by atoms with E-state index in [1.165, 1.54) is 17.8 Å². The molecule has 1 aliphatic heterocycles. The maximum absolute atomic E-state index is 12.6. The van der Waals surface area contributed by atoms with Crippen LogP contribution in [0.25, 0.3) is 12.2 Å². The van der Waals surface area contributed by atoms with Gasteiger partial charge in [0.1, 0.15) is 6.54 Å². The molecule has 0 aliphatic carbocycles. The molecule has 0 bridgehead atoms. The highest BCUT2D eigenvalue weighted by Crippen LogP contribution is 2.20. The van der Waals surface area contributed by atoms with E-state index in [4.69, 9.17) is 5.11 Å². The molecule has 186 valence electrons. The van der Waals surface area contributed by atoms with Gasteiger partial charge in [0.25, 0.3) is 5.91 Å². The fourth-order valence-electron chi connectivity index (χ4n) is 3.88. The van der Waals surface area contributed by atoms with Crippen molar-refractivity contribution in [2.75, 3.05) is 37.6 Å². The molecule has 0 atom stereocenters. The van der Waals surface area contributed by atoms with Crippen molar-refractivity contribution in [1.82, 2.24) is 14.3 Å². The van der Waals surface area contributed by atoms with Crippen molar-refractivity contribution in [2.24, 2.45) is 0 Å². The van der Waals surface area contributed by atoms with E-state index in [0.29, 0.717) is 12.1 Å². The summed E-state index contributed by atoms with van der Waals surface area (Å²) in [4.78, 5) is 25.5. The van der Waals surface area contributed by atoms with Crippen molar-refractivity contribution in [3.05, 3.63) is 101 Å². The molecule has 3 aromatic rings. The number of aliphatic carboxylic acids is 1. The predicted octanol–water partition coefficient (Wildman–Crippen LogP) is 4.15. The molecule has 4 rings (SSSR count). The van der Waals surface area contributed by atoms with E-state index >= 15 is 0 Å². The van der Waals surface area contributed by atoms with Crippen LogP contribution in [0.15, 0.2) is 78.9 Å². The van der Waals surface area contributed by atoms with Crippen molar-refractivity contribution in [1.29, 1.82) is 0 Å². The molecule has 0 unspecified atom stereocenters. The molecule has 0 radical (unpaired) electrons. The third kappa shape index (κ3) is 7.71. The van der Waals surface area contributed by atoms with Gasteiger partial charge in [-0.1, -0.05) is 66.7 Å². The molecule has 0 aromatic heterocycles. The van der Waals surface area contributed by atoms with Crippen LogP contribution in [-0.2, 0) is 11.3 Å². The molecule has 1 amide bonds. The van der Waals surface area contributed by atoms with E-state index < -0.39 is 5.97 Å². The molecule has 0 saturated carbocycles.